The Balaban J connectivity index is 1.73. The van der Waals surface area contributed by atoms with E-state index in [4.69, 9.17) is 0 Å². The lowest BCUT2D eigenvalue weighted by Crippen LogP contribution is -2.27. The molecule has 26 heavy (non-hydrogen) atoms. The van der Waals surface area contributed by atoms with Crippen LogP contribution < -0.4 is 20.9 Å². The maximum Gasteiger partial charge on any atom is 0.321 e. The van der Waals surface area contributed by atoms with Crippen LogP contribution in [0.1, 0.15) is 23.7 Å². The van der Waals surface area contributed by atoms with Gasteiger partial charge in [0.2, 0.25) is 5.91 Å². The van der Waals surface area contributed by atoms with E-state index in [1.165, 1.54) is 0 Å². The quantitative estimate of drug-likeness (QED) is 0.773. The first-order valence-electron chi connectivity index (χ1n) is 8.43. The maximum atomic E-state index is 12.5. The highest BCUT2D eigenvalue weighted by atomic mass is 16.2. The van der Waals surface area contributed by atoms with E-state index in [2.05, 4.69) is 16.0 Å². The predicted molar refractivity (Wildman–Crippen MR) is 101 cm³/mol. The highest BCUT2D eigenvalue weighted by Gasteiger charge is 2.21. The molecule has 4 amide bonds. The van der Waals surface area contributed by atoms with Gasteiger partial charge in [-0.2, -0.15) is 0 Å². The molecule has 7 nitrogen and oxygen atoms in total. The third-order valence-corrected chi connectivity index (χ3v) is 4.00. The van der Waals surface area contributed by atoms with Gasteiger partial charge in [-0.25, -0.2) is 4.79 Å². The summed E-state index contributed by atoms with van der Waals surface area (Å²) in [6, 6.07) is 13.7. The summed E-state index contributed by atoms with van der Waals surface area (Å²) in [5.74, 6) is -0.379. The van der Waals surface area contributed by atoms with Crippen molar-refractivity contribution in [1.82, 2.24) is 5.32 Å². The molecule has 0 radical (unpaired) electrons. The van der Waals surface area contributed by atoms with Crippen LogP contribution in [0.5, 0.6) is 0 Å². The lowest BCUT2D eigenvalue weighted by atomic mass is 10.1. The van der Waals surface area contributed by atoms with E-state index in [9.17, 15) is 14.4 Å². The monoisotopic (exact) mass is 352 g/mol. The molecule has 0 saturated carbocycles. The largest absolute Gasteiger partial charge is 0.336 e. The van der Waals surface area contributed by atoms with Gasteiger partial charge in [0, 0.05) is 42.1 Å². The Labute approximate surface area is 151 Å². The van der Waals surface area contributed by atoms with Gasteiger partial charge >= 0.3 is 6.03 Å². The van der Waals surface area contributed by atoms with Crippen LogP contribution in [0.2, 0.25) is 0 Å². The molecule has 1 heterocycles. The van der Waals surface area contributed by atoms with Crippen molar-refractivity contribution in [3.05, 3.63) is 54.1 Å². The number of carbonyl (C=O) groups is 3. The average molecular weight is 352 g/mol. The Morgan fingerprint density at radius 1 is 1.08 bits per heavy atom. The van der Waals surface area contributed by atoms with E-state index in [-0.39, 0.29) is 17.8 Å². The number of nitrogens with one attached hydrogen (secondary N) is 3. The third kappa shape index (κ3) is 4.00. The molecule has 1 aliphatic rings. The second-order valence-electron chi connectivity index (χ2n) is 5.87. The Morgan fingerprint density at radius 3 is 2.50 bits per heavy atom. The number of urea groups is 1. The number of hydrogen-bond donors (Lipinski definition) is 3. The molecule has 134 valence electrons. The summed E-state index contributed by atoms with van der Waals surface area (Å²) in [5, 5.41) is 8.30. The van der Waals surface area contributed by atoms with Crippen LogP contribution in [-0.2, 0) is 4.79 Å². The fraction of sp³-hybridized carbons (Fsp3) is 0.211. The lowest BCUT2D eigenvalue weighted by molar-refractivity contribution is -0.115. The zero-order chi connectivity index (χ0) is 18.5. The third-order valence-electron chi connectivity index (χ3n) is 4.00. The Bertz CT molecular complexity index is 850. The van der Waals surface area contributed by atoms with Gasteiger partial charge in [0.1, 0.15) is 0 Å². The van der Waals surface area contributed by atoms with E-state index < -0.39 is 0 Å². The topological polar surface area (TPSA) is 90.5 Å². The first-order chi connectivity index (χ1) is 12.6. The summed E-state index contributed by atoms with van der Waals surface area (Å²) in [5.41, 5.74) is 2.33. The van der Waals surface area contributed by atoms with Crippen molar-refractivity contribution in [2.75, 3.05) is 28.6 Å². The maximum absolute atomic E-state index is 12.5. The number of anilines is 3. The van der Waals surface area contributed by atoms with Crippen molar-refractivity contribution in [2.45, 2.75) is 13.3 Å². The summed E-state index contributed by atoms with van der Waals surface area (Å²) in [6.45, 7) is 2.93. The molecule has 0 unspecified atom stereocenters. The van der Waals surface area contributed by atoms with Crippen molar-refractivity contribution in [2.24, 2.45) is 0 Å². The number of nitrogens with zero attached hydrogens (tertiary/aromatic N) is 1. The van der Waals surface area contributed by atoms with E-state index in [1.807, 2.05) is 0 Å². The SMILES string of the molecule is CCC(=O)Nc1cccc(NC(=O)c2cccc(N3CCNC3=O)c2)c1. The van der Waals surface area contributed by atoms with Crippen LogP contribution in [-0.4, -0.2) is 30.9 Å². The molecule has 3 rings (SSSR count). The summed E-state index contributed by atoms with van der Waals surface area (Å²) in [4.78, 5) is 37.4. The molecular weight excluding hydrogens is 332 g/mol. The number of amides is 4. The molecular formula is C19H20N4O3. The highest BCUT2D eigenvalue weighted by Crippen LogP contribution is 2.20. The van der Waals surface area contributed by atoms with Gasteiger partial charge in [-0.1, -0.05) is 19.1 Å². The van der Waals surface area contributed by atoms with Gasteiger partial charge in [-0.05, 0) is 36.4 Å². The summed E-state index contributed by atoms with van der Waals surface area (Å²) in [6.07, 6.45) is 0.382. The lowest BCUT2D eigenvalue weighted by Gasteiger charge is -2.15. The van der Waals surface area contributed by atoms with E-state index in [1.54, 1.807) is 60.4 Å². The predicted octanol–water partition coefficient (Wildman–Crippen LogP) is 2.82. The zero-order valence-corrected chi connectivity index (χ0v) is 14.4. The van der Waals surface area contributed by atoms with Gasteiger partial charge < -0.3 is 16.0 Å². The minimum Gasteiger partial charge on any atom is -0.336 e. The van der Waals surface area contributed by atoms with Crippen molar-refractivity contribution in [3.8, 4) is 0 Å². The summed E-state index contributed by atoms with van der Waals surface area (Å²) < 4.78 is 0. The van der Waals surface area contributed by atoms with Crippen LogP contribution in [0.3, 0.4) is 0 Å². The normalized spacial score (nSPS) is 13.3. The molecule has 0 atom stereocenters. The van der Waals surface area contributed by atoms with Crippen LogP contribution >= 0.6 is 0 Å². The molecule has 0 bridgehead atoms. The minimum absolute atomic E-state index is 0.0925. The molecule has 0 aromatic heterocycles. The molecule has 2 aromatic rings. The van der Waals surface area contributed by atoms with Gasteiger partial charge in [0.25, 0.3) is 5.91 Å². The molecule has 1 fully saturated rings. The van der Waals surface area contributed by atoms with Crippen molar-refractivity contribution >= 4 is 34.9 Å². The first kappa shape index (κ1) is 17.5. The first-order valence-corrected chi connectivity index (χ1v) is 8.43. The van der Waals surface area contributed by atoms with Crippen LogP contribution in [0.4, 0.5) is 21.9 Å². The van der Waals surface area contributed by atoms with Crippen LogP contribution in [0.25, 0.3) is 0 Å². The highest BCUT2D eigenvalue weighted by molar-refractivity contribution is 6.06. The fourth-order valence-corrected chi connectivity index (χ4v) is 2.66. The van der Waals surface area contributed by atoms with Crippen molar-refractivity contribution in [1.29, 1.82) is 0 Å². The van der Waals surface area contributed by atoms with Gasteiger partial charge in [0.15, 0.2) is 0 Å². The van der Waals surface area contributed by atoms with Gasteiger partial charge in [0.05, 0.1) is 0 Å². The molecule has 0 aliphatic carbocycles. The standard InChI is InChI=1S/C19H20N4O3/c1-2-17(24)21-14-6-4-7-15(12-14)22-18(25)13-5-3-8-16(11-13)23-10-9-20-19(23)26/h3-8,11-12H,2,9-10H2,1H3,(H,20,26)(H,21,24)(H,22,25). The molecule has 2 aromatic carbocycles. The number of carbonyl (C=O) groups excluding carboxylic acids is 3. The average Bonchev–Trinajstić information content (AvgIpc) is 3.08. The van der Waals surface area contributed by atoms with Gasteiger partial charge in [-0.3, -0.25) is 14.5 Å². The van der Waals surface area contributed by atoms with Crippen molar-refractivity contribution in [3.63, 3.8) is 0 Å². The van der Waals surface area contributed by atoms with E-state index in [0.29, 0.717) is 42.1 Å². The molecule has 1 aliphatic heterocycles. The molecule has 0 spiro atoms. The Morgan fingerprint density at radius 2 is 1.81 bits per heavy atom. The van der Waals surface area contributed by atoms with Crippen LogP contribution in [0.15, 0.2) is 48.5 Å². The summed E-state index contributed by atoms with van der Waals surface area (Å²) in [7, 11) is 0. The molecule has 3 N–H and O–H groups in total. The minimum atomic E-state index is -0.287. The second kappa shape index (κ2) is 7.69. The molecule has 1 saturated heterocycles. The van der Waals surface area contributed by atoms with Crippen LogP contribution in [0, 0.1) is 0 Å². The molecule has 7 heteroatoms. The zero-order valence-electron chi connectivity index (χ0n) is 14.4. The summed E-state index contributed by atoms with van der Waals surface area (Å²) >= 11 is 0. The smallest absolute Gasteiger partial charge is 0.321 e. The Hall–Kier alpha value is -3.35. The fourth-order valence-electron chi connectivity index (χ4n) is 2.66. The number of rotatable bonds is 5. The van der Waals surface area contributed by atoms with E-state index >= 15 is 0 Å². The van der Waals surface area contributed by atoms with Crippen molar-refractivity contribution < 1.29 is 14.4 Å². The Kier molecular flexibility index (Phi) is 5.17. The second-order valence-corrected chi connectivity index (χ2v) is 5.87. The number of benzene rings is 2. The van der Waals surface area contributed by atoms with Gasteiger partial charge in [-0.15, -0.1) is 0 Å². The van der Waals surface area contributed by atoms with E-state index in [0.717, 1.165) is 0 Å². The number of hydrogen-bond acceptors (Lipinski definition) is 3.